The number of nitrogens with zero attached hydrogens (tertiary/aromatic N) is 2. The highest BCUT2D eigenvalue weighted by molar-refractivity contribution is 6.99. The van der Waals surface area contributed by atoms with Crippen LogP contribution in [0.5, 0.6) is 5.75 Å². The van der Waals surface area contributed by atoms with E-state index in [-0.39, 0.29) is 17.6 Å². The molecular formula is C12H14FN3OS. The zero-order chi connectivity index (χ0) is 13.0. The van der Waals surface area contributed by atoms with Crippen LogP contribution in [-0.2, 0) is 0 Å². The van der Waals surface area contributed by atoms with E-state index < -0.39 is 0 Å². The van der Waals surface area contributed by atoms with Crippen molar-refractivity contribution in [2.75, 3.05) is 13.7 Å². The maximum atomic E-state index is 14.2. The van der Waals surface area contributed by atoms with Crippen molar-refractivity contribution < 1.29 is 9.13 Å². The van der Waals surface area contributed by atoms with E-state index in [1.54, 1.807) is 24.4 Å². The van der Waals surface area contributed by atoms with Crippen molar-refractivity contribution in [2.24, 2.45) is 0 Å². The van der Waals surface area contributed by atoms with Gasteiger partial charge in [-0.1, -0.05) is 19.1 Å². The van der Waals surface area contributed by atoms with Gasteiger partial charge in [-0.05, 0) is 12.6 Å². The number of halogens is 1. The molecule has 0 radical (unpaired) electrons. The van der Waals surface area contributed by atoms with Crippen LogP contribution >= 0.6 is 11.7 Å². The molecule has 0 amide bonds. The molecule has 0 aliphatic rings. The maximum absolute atomic E-state index is 14.2. The third kappa shape index (κ3) is 2.49. The van der Waals surface area contributed by atoms with Crippen LogP contribution in [0.3, 0.4) is 0 Å². The molecule has 96 valence electrons. The Kier molecular flexibility index (Phi) is 4.22. The molecular weight excluding hydrogens is 253 g/mol. The summed E-state index contributed by atoms with van der Waals surface area (Å²) in [5.41, 5.74) is 1.23. The summed E-state index contributed by atoms with van der Waals surface area (Å²) in [4.78, 5) is 0. The molecule has 0 bridgehead atoms. The zero-order valence-electron chi connectivity index (χ0n) is 10.2. The predicted molar refractivity (Wildman–Crippen MR) is 68.4 cm³/mol. The Hall–Kier alpha value is -1.53. The molecule has 1 atom stereocenters. The number of aromatic nitrogens is 2. The number of hydrogen-bond donors (Lipinski definition) is 1. The van der Waals surface area contributed by atoms with Crippen molar-refractivity contribution in [1.29, 1.82) is 0 Å². The molecule has 1 unspecified atom stereocenters. The standard InChI is InChI=1S/C12H14FN3OS/c1-3-14-12(9-7-15-18-16-9)8-5-4-6-10(17-2)11(8)13/h4-7,12,14H,3H2,1-2H3. The van der Waals surface area contributed by atoms with Crippen molar-refractivity contribution >= 4 is 11.7 Å². The van der Waals surface area contributed by atoms with E-state index >= 15 is 0 Å². The molecule has 0 spiro atoms. The van der Waals surface area contributed by atoms with E-state index in [0.717, 1.165) is 11.7 Å². The van der Waals surface area contributed by atoms with Gasteiger partial charge in [-0.2, -0.15) is 8.75 Å². The summed E-state index contributed by atoms with van der Waals surface area (Å²) in [6, 6.07) is 4.79. The van der Waals surface area contributed by atoms with Gasteiger partial charge in [-0.3, -0.25) is 0 Å². The Morgan fingerprint density at radius 1 is 1.50 bits per heavy atom. The highest BCUT2D eigenvalue weighted by Crippen LogP contribution is 2.28. The zero-order valence-corrected chi connectivity index (χ0v) is 11.0. The first-order valence-electron chi connectivity index (χ1n) is 5.61. The molecule has 1 N–H and O–H groups in total. The number of methoxy groups -OCH3 is 1. The minimum Gasteiger partial charge on any atom is -0.494 e. The monoisotopic (exact) mass is 267 g/mol. The minimum absolute atomic E-state index is 0.235. The number of rotatable bonds is 5. The van der Waals surface area contributed by atoms with Gasteiger partial charge in [0.15, 0.2) is 11.6 Å². The lowest BCUT2D eigenvalue weighted by molar-refractivity contribution is 0.381. The second-order valence-electron chi connectivity index (χ2n) is 3.69. The lowest BCUT2D eigenvalue weighted by Gasteiger charge is -2.17. The first kappa shape index (κ1) is 12.9. The third-order valence-electron chi connectivity index (χ3n) is 2.61. The van der Waals surface area contributed by atoms with Crippen LogP contribution in [0.25, 0.3) is 0 Å². The van der Waals surface area contributed by atoms with Gasteiger partial charge in [-0.25, -0.2) is 4.39 Å². The molecule has 4 nitrogen and oxygen atoms in total. The van der Waals surface area contributed by atoms with Gasteiger partial charge in [0, 0.05) is 5.56 Å². The molecule has 1 aromatic heterocycles. The molecule has 0 saturated carbocycles. The summed E-state index contributed by atoms with van der Waals surface area (Å²) in [6.07, 6.45) is 1.65. The second-order valence-corrected chi connectivity index (χ2v) is 4.24. The average Bonchev–Trinajstić information content (AvgIpc) is 2.90. The first-order valence-corrected chi connectivity index (χ1v) is 6.34. The number of hydrogen-bond acceptors (Lipinski definition) is 5. The number of ether oxygens (including phenoxy) is 1. The Balaban J connectivity index is 2.43. The summed E-state index contributed by atoms with van der Waals surface area (Å²) in [5, 5.41) is 3.20. The molecule has 18 heavy (non-hydrogen) atoms. The SMILES string of the molecule is CCNC(c1cnsn1)c1cccc(OC)c1F. The molecule has 0 aliphatic heterocycles. The topological polar surface area (TPSA) is 47.0 Å². The van der Waals surface area contributed by atoms with E-state index in [2.05, 4.69) is 14.1 Å². The van der Waals surface area contributed by atoms with E-state index in [1.807, 2.05) is 6.92 Å². The molecule has 2 rings (SSSR count). The van der Waals surface area contributed by atoms with Crippen LogP contribution in [0.2, 0.25) is 0 Å². The number of benzene rings is 1. The molecule has 1 heterocycles. The molecule has 6 heteroatoms. The molecule has 0 aliphatic carbocycles. The maximum Gasteiger partial charge on any atom is 0.170 e. The van der Waals surface area contributed by atoms with Crippen LogP contribution in [0.1, 0.15) is 24.2 Å². The average molecular weight is 267 g/mol. The van der Waals surface area contributed by atoms with Gasteiger partial charge in [0.1, 0.15) is 0 Å². The summed E-state index contributed by atoms with van der Waals surface area (Å²) >= 11 is 1.11. The van der Waals surface area contributed by atoms with Gasteiger partial charge >= 0.3 is 0 Å². The van der Waals surface area contributed by atoms with Gasteiger partial charge in [0.25, 0.3) is 0 Å². The van der Waals surface area contributed by atoms with Gasteiger partial charge < -0.3 is 10.1 Å². The summed E-state index contributed by atoms with van der Waals surface area (Å²) in [5.74, 6) is -0.127. The summed E-state index contributed by atoms with van der Waals surface area (Å²) in [7, 11) is 1.45. The molecule has 0 fully saturated rings. The van der Waals surface area contributed by atoms with E-state index in [4.69, 9.17) is 4.74 Å². The van der Waals surface area contributed by atoms with Crippen molar-refractivity contribution in [3.8, 4) is 5.75 Å². The van der Waals surface area contributed by atoms with E-state index in [0.29, 0.717) is 17.8 Å². The van der Waals surface area contributed by atoms with Gasteiger partial charge in [-0.15, -0.1) is 0 Å². The van der Waals surface area contributed by atoms with Crippen LogP contribution in [-0.4, -0.2) is 22.4 Å². The Labute approximate surface area is 109 Å². The van der Waals surface area contributed by atoms with Crippen molar-refractivity contribution in [3.05, 3.63) is 41.5 Å². The fourth-order valence-corrected chi connectivity index (χ4v) is 2.23. The summed E-state index contributed by atoms with van der Waals surface area (Å²) < 4.78 is 27.4. The molecule has 1 aromatic carbocycles. The van der Waals surface area contributed by atoms with Crippen molar-refractivity contribution in [2.45, 2.75) is 13.0 Å². The molecule has 0 saturated heterocycles. The highest BCUT2D eigenvalue weighted by atomic mass is 32.1. The predicted octanol–water partition coefficient (Wildman–Crippen LogP) is 2.38. The Bertz CT molecular complexity index is 504. The first-order chi connectivity index (χ1) is 8.77. The highest BCUT2D eigenvalue weighted by Gasteiger charge is 2.21. The van der Waals surface area contributed by atoms with Crippen molar-refractivity contribution in [3.63, 3.8) is 0 Å². The quantitative estimate of drug-likeness (QED) is 0.903. The van der Waals surface area contributed by atoms with Gasteiger partial charge in [0.05, 0.1) is 36.8 Å². The van der Waals surface area contributed by atoms with Crippen LogP contribution < -0.4 is 10.1 Å². The second kappa shape index (κ2) is 5.88. The normalized spacial score (nSPS) is 12.4. The van der Waals surface area contributed by atoms with Crippen molar-refractivity contribution in [1.82, 2.24) is 14.1 Å². The smallest absolute Gasteiger partial charge is 0.170 e. The van der Waals surface area contributed by atoms with Crippen LogP contribution in [0.4, 0.5) is 4.39 Å². The Morgan fingerprint density at radius 2 is 2.33 bits per heavy atom. The lowest BCUT2D eigenvalue weighted by atomic mass is 10.0. The third-order valence-corrected chi connectivity index (χ3v) is 3.10. The lowest BCUT2D eigenvalue weighted by Crippen LogP contribution is -2.23. The van der Waals surface area contributed by atoms with Gasteiger partial charge in [0.2, 0.25) is 0 Å². The largest absolute Gasteiger partial charge is 0.494 e. The Morgan fingerprint density at radius 3 is 2.94 bits per heavy atom. The number of nitrogens with one attached hydrogen (secondary N) is 1. The fourth-order valence-electron chi connectivity index (χ4n) is 1.79. The molecule has 2 aromatic rings. The van der Waals surface area contributed by atoms with Crippen LogP contribution in [0, 0.1) is 5.82 Å². The minimum atomic E-state index is -0.362. The fraction of sp³-hybridized carbons (Fsp3) is 0.333. The van der Waals surface area contributed by atoms with E-state index in [9.17, 15) is 4.39 Å². The van der Waals surface area contributed by atoms with E-state index in [1.165, 1.54) is 7.11 Å². The van der Waals surface area contributed by atoms with Crippen LogP contribution in [0.15, 0.2) is 24.4 Å². The summed E-state index contributed by atoms with van der Waals surface area (Å²) in [6.45, 7) is 2.67.